The molecular weight excluding hydrogens is 1460 g/mol. The van der Waals surface area contributed by atoms with Crippen molar-refractivity contribution in [2.45, 2.75) is 30.1 Å². The molecule has 3 aliphatic rings. The zero-order valence-electron chi connectivity index (χ0n) is 66.1. The van der Waals surface area contributed by atoms with Crippen molar-refractivity contribution in [1.29, 1.82) is 0 Å². The minimum absolute atomic E-state index is 0.243. The molecule has 0 radical (unpaired) electrons. The van der Waals surface area contributed by atoms with E-state index in [1.54, 1.807) is 0 Å². The summed E-state index contributed by atoms with van der Waals surface area (Å²) < 4.78 is 2.41. The lowest BCUT2D eigenvalue weighted by Crippen LogP contribution is -2.29. The molecule has 0 saturated heterocycles. The number of rotatable bonds is 13. The first kappa shape index (κ1) is 71.1. The second kappa shape index (κ2) is 29.1. The SMILES string of the molecule is CC1(C)c2ccc(-c3nc(-c4ccccc4)nc(-c4ccccc4)n3)cc2-c2ccc(C3(c4cccc(-c5ccccc5)c4)c4ccccc4-c4ccccc43)cc21.c1ccc(-c2cccc(C3(c4ccc5c6cc(-c7nc(-c8ccccc8)nc(-c8ccccc8)n7)ccc6n(-c6ccccc6)c5c4)c4ccccc4-c4ccccc43)c2)cc1. The van der Waals surface area contributed by atoms with E-state index in [9.17, 15) is 0 Å². The Hall–Kier alpha value is -15.4. The Balaban J connectivity index is 0.000000144. The van der Waals surface area contributed by atoms with Gasteiger partial charge in [-0.1, -0.05) is 390 Å². The molecule has 0 N–H and O–H groups in total. The summed E-state index contributed by atoms with van der Waals surface area (Å²) in [7, 11) is 0. The Kier molecular flexibility index (Phi) is 17.2. The van der Waals surface area contributed by atoms with Crippen LogP contribution in [0, 0.1) is 0 Å². The Morgan fingerprint density at radius 2 is 0.508 bits per heavy atom. The minimum Gasteiger partial charge on any atom is -0.309 e. The molecule has 20 aromatic rings. The summed E-state index contributed by atoms with van der Waals surface area (Å²) in [5.41, 5.74) is 32.9. The molecule has 564 valence electrons. The number of fused-ring (bicyclic) bond motifs is 12. The van der Waals surface area contributed by atoms with Crippen molar-refractivity contribution in [3.8, 4) is 130 Å². The molecule has 3 aliphatic carbocycles. The van der Waals surface area contributed by atoms with E-state index in [-0.39, 0.29) is 5.41 Å². The van der Waals surface area contributed by atoms with Crippen LogP contribution in [-0.2, 0) is 16.2 Å². The van der Waals surface area contributed by atoms with Gasteiger partial charge in [0.25, 0.3) is 0 Å². The molecule has 7 heteroatoms. The first-order chi connectivity index (χ1) is 59.2. The van der Waals surface area contributed by atoms with Gasteiger partial charge in [0, 0.05) is 55.3 Å². The first-order valence-corrected chi connectivity index (χ1v) is 41.1. The standard InChI is InChI=1S/C58H38N4.C55H39N3/c1-5-18-39(19-6-1)42-24-17-25-44(36-42)58(51-30-15-13-28-47(51)48-29-14-16-31-52(48)58)45-33-34-49-50-37-43(32-35-53(50)62(54(49)38-45)46-26-11-4-12-27-46)57-60-55(40-20-7-2-8-21-40)59-56(61-57)41-22-9-3-10-23-41;1-54(2)47-32-29-40(53-57-51(37-19-8-4-9-20-37)56-52(58-53)38-21-10-5-11-22-38)34-46(47)45-31-30-42(35-50(45)54)55(41-24-16-23-39(33-41)36-17-6-3-7-18-36)48-27-14-12-25-43(48)44-26-13-15-28-49(44)55/h1-38H;3-35H,1-2H3. The summed E-state index contributed by atoms with van der Waals surface area (Å²) in [5, 5.41) is 2.28. The predicted molar refractivity (Wildman–Crippen MR) is 490 cm³/mol. The van der Waals surface area contributed by atoms with Gasteiger partial charge in [-0.3, -0.25) is 0 Å². The van der Waals surface area contributed by atoms with Crippen LogP contribution >= 0.6 is 0 Å². The van der Waals surface area contributed by atoms with Crippen molar-refractivity contribution < 1.29 is 0 Å². The molecule has 120 heavy (non-hydrogen) atoms. The third-order valence-corrected chi connectivity index (χ3v) is 24.9. The molecule has 0 unspecified atom stereocenters. The van der Waals surface area contributed by atoms with E-state index in [2.05, 4.69) is 352 Å². The number of hydrogen-bond donors (Lipinski definition) is 0. The number of para-hydroxylation sites is 1. The van der Waals surface area contributed by atoms with Gasteiger partial charge < -0.3 is 4.57 Å². The van der Waals surface area contributed by atoms with Crippen LogP contribution in [0.2, 0.25) is 0 Å². The van der Waals surface area contributed by atoms with Crippen molar-refractivity contribution in [2.75, 3.05) is 0 Å². The summed E-state index contributed by atoms with van der Waals surface area (Å²) >= 11 is 0. The van der Waals surface area contributed by atoms with E-state index in [4.69, 9.17) is 29.9 Å². The van der Waals surface area contributed by atoms with Crippen LogP contribution in [-0.4, -0.2) is 34.5 Å². The molecule has 7 nitrogen and oxygen atoms in total. The van der Waals surface area contributed by atoms with Crippen LogP contribution in [0.5, 0.6) is 0 Å². The number of hydrogen-bond acceptors (Lipinski definition) is 6. The van der Waals surface area contributed by atoms with Gasteiger partial charge >= 0.3 is 0 Å². The van der Waals surface area contributed by atoms with E-state index >= 15 is 0 Å². The molecule has 0 bridgehead atoms. The molecular formula is C113H77N7. The fraction of sp³-hybridized carbons (Fsp3) is 0.0442. The maximum absolute atomic E-state index is 5.10. The Morgan fingerprint density at radius 1 is 0.183 bits per heavy atom. The van der Waals surface area contributed by atoms with Gasteiger partial charge in [0.1, 0.15) is 0 Å². The third-order valence-electron chi connectivity index (χ3n) is 24.9. The summed E-state index contributed by atoms with van der Waals surface area (Å²) in [5.74, 6) is 3.90. The van der Waals surface area contributed by atoms with Crippen molar-refractivity contribution >= 4 is 21.8 Å². The van der Waals surface area contributed by atoms with Crippen molar-refractivity contribution in [2.24, 2.45) is 0 Å². The summed E-state index contributed by atoms with van der Waals surface area (Å²) in [4.78, 5) is 30.3. The average molecular weight is 1530 g/mol. The molecule has 0 fully saturated rings. The summed E-state index contributed by atoms with van der Waals surface area (Å²) in [6.07, 6.45) is 0. The van der Waals surface area contributed by atoms with Crippen LogP contribution in [0.3, 0.4) is 0 Å². The van der Waals surface area contributed by atoms with E-state index in [1.807, 2.05) is 97.1 Å². The quantitative estimate of drug-likeness (QED) is 0.114. The fourth-order valence-electron chi connectivity index (χ4n) is 19.4. The normalized spacial score (nSPS) is 13.3. The van der Waals surface area contributed by atoms with Crippen LogP contribution in [0.1, 0.15) is 69.5 Å². The summed E-state index contributed by atoms with van der Waals surface area (Å²) in [6.45, 7) is 4.73. The molecule has 3 aromatic heterocycles. The molecule has 0 spiro atoms. The van der Waals surface area contributed by atoms with Crippen molar-refractivity contribution in [1.82, 2.24) is 34.5 Å². The number of benzene rings is 17. The van der Waals surface area contributed by atoms with Crippen LogP contribution in [0.4, 0.5) is 0 Å². The van der Waals surface area contributed by atoms with Gasteiger partial charge in [-0.2, -0.15) is 0 Å². The average Bonchev–Trinajstić information content (AvgIpc) is 1.53. The lowest BCUT2D eigenvalue weighted by molar-refractivity contribution is 0.655. The third kappa shape index (κ3) is 11.7. The molecule has 17 aromatic carbocycles. The van der Waals surface area contributed by atoms with Crippen molar-refractivity contribution in [3.05, 3.63) is 486 Å². The zero-order chi connectivity index (χ0) is 79.9. The highest BCUT2D eigenvalue weighted by atomic mass is 15.0. The number of aromatic nitrogens is 7. The first-order valence-electron chi connectivity index (χ1n) is 41.1. The second-order valence-corrected chi connectivity index (χ2v) is 31.9. The van der Waals surface area contributed by atoms with Gasteiger partial charge in [-0.25, -0.2) is 29.9 Å². The van der Waals surface area contributed by atoms with Crippen LogP contribution in [0.25, 0.3) is 151 Å². The Bertz CT molecular complexity index is 7140. The van der Waals surface area contributed by atoms with Gasteiger partial charge in [0.2, 0.25) is 0 Å². The molecule has 0 atom stereocenters. The highest BCUT2D eigenvalue weighted by molar-refractivity contribution is 6.11. The zero-order valence-corrected chi connectivity index (χ0v) is 66.1. The molecule has 0 saturated carbocycles. The predicted octanol–water partition coefficient (Wildman–Crippen LogP) is 27.2. The highest BCUT2D eigenvalue weighted by Gasteiger charge is 2.49. The monoisotopic (exact) mass is 1530 g/mol. The highest BCUT2D eigenvalue weighted by Crippen LogP contribution is 2.60. The van der Waals surface area contributed by atoms with E-state index in [0.717, 1.165) is 60.9 Å². The van der Waals surface area contributed by atoms with Gasteiger partial charge in [0.15, 0.2) is 34.9 Å². The van der Waals surface area contributed by atoms with E-state index in [1.165, 1.54) is 111 Å². The smallest absolute Gasteiger partial charge is 0.164 e. The van der Waals surface area contributed by atoms with Gasteiger partial charge in [0.05, 0.1) is 21.9 Å². The van der Waals surface area contributed by atoms with E-state index < -0.39 is 10.8 Å². The lowest BCUT2D eigenvalue weighted by Gasteiger charge is -2.35. The largest absolute Gasteiger partial charge is 0.309 e. The minimum atomic E-state index is -0.581. The molecule has 0 aliphatic heterocycles. The molecule has 0 amide bonds. The summed E-state index contributed by atoms with van der Waals surface area (Å²) in [6, 6.07) is 155. The maximum atomic E-state index is 5.10. The maximum Gasteiger partial charge on any atom is 0.164 e. The van der Waals surface area contributed by atoms with Crippen LogP contribution in [0.15, 0.2) is 431 Å². The van der Waals surface area contributed by atoms with Gasteiger partial charge in [-0.15, -0.1) is 0 Å². The van der Waals surface area contributed by atoms with Crippen LogP contribution < -0.4 is 0 Å². The van der Waals surface area contributed by atoms with Gasteiger partial charge in [-0.05, 0) is 166 Å². The Morgan fingerprint density at radius 3 is 0.933 bits per heavy atom. The second-order valence-electron chi connectivity index (χ2n) is 31.9. The molecule has 3 heterocycles. The van der Waals surface area contributed by atoms with E-state index in [0.29, 0.717) is 34.9 Å². The fourth-order valence-corrected chi connectivity index (χ4v) is 19.4. The lowest BCUT2D eigenvalue weighted by atomic mass is 9.66. The molecule has 23 rings (SSSR count). The van der Waals surface area contributed by atoms with Crippen molar-refractivity contribution in [3.63, 3.8) is 0 Å². The Labute approximate surface area is 697 Å². The topological polar surface area (TPSA) is 82.3 Å². The number of nitrogens with zero attached hydrogens (tertiary/aromatic N) is 7.